The van der Waals surface area contributed by atoms with Gasteiger partial charge in [-0.25, -0.2) is 4.99 Å². The highest BCUT2D eigenvalue weighted by molar-refractivity contribution is 5.95. The van der Waals surface area contributed by atoms with Gasteiger partial charge in [-0.3, -0.25) is 5.21 Å². The van der Waals surface area contributed by atoms with Crippen LogP contribution in [0.15, 0.2) is 9.98 Å². The van der Waals surface area contributed by atoms with E-state index in [1.54, 1.807) is 0 Å². The van der Waals surface area contributed by atoms with Gasteiger partial charge in [0.1, 0.15) is 0 Å². The van der Waals surface area contributed by atoms with Gasteiger partial charge in [0.15, 0.2) is 5.66 Å². The Hall–Kier alpha value is -1.34. The number of guanidine groups is 2. The minimum Gasteiger partial charge on any atom is -0.381 e. The summed E-state index contributed by atoms with van der Waals surface area (Å²) in [5.41, 5.74) is 10.2. The van der Waals surface area contributed by atoms with Crippen molar-refractivity contribution in [2.75, 3.05) is 13.2 Å². The Morgan fingerprint density at radius 1 is 1.36 bits per heavy atom. The number of aliphatic imine (C=N–C) groups is 2. The van der Waals surface area contributed by atoms with E-state index in [-0.39, 0.29) is 11.9 Å². The van der Waals surface area contributed by atoms with Gasteiger partial charge in [-0.1, -0.05) is 0 Å². The highest BCUT2D eigenvalue weighted by atomic mass is 16.5. The average molecular weight is 199 g/mol. The van der Waals surface area contributed by atoms with Crippen LogP contribution in [0.5, 0.6) is 0 Å². The van der Waals surface area contributed by atoms with Gasteiger partial charge in [0, 0.05) is 12.8 Å². The third kappa shape index (κ3) is 1.30. The Labute approximate surface area is 81.0 Å². The first kappa shape index (κ1) is 9.22. The zero-order valence-electron chi connectivity index (χ0n) is 7.68. The molecule has 0 radical (unpaired) electrons. The fraction of sp³-hybridized carbons (Fsp3) is 0.714. The molecule has 0 atom stereocenters. The molecule has 0 aliphatic carbocycles. The van der Waals surface area contributed by atoms with E-state index in [1.807, 2.05) is 0 Å². The van der Waals surface area contributed by atoms with E-state index in [0.29, 0.717) is 26.1 Å². The second-order valence-electron chi connectivity index (χ2n) is 3.35. The van der Waals surface area contributed by atoms with Crippen molar-refractivity contribution in [3.8, 4) is 0 Å². The van der Waals surface area contributed by atoms with Crippen LogP contribution >= 0.6 is 0 Å². The Morgan fingerprint density at radius 2 is 2.00 bits per heavy atom. The molecule has 7 heteroatoms. The number of nitrogens with two attached hydrogens (primary N) is 2. The van der Waals surface area contributed by atoms with Crippen LogP contribution in [0, 0.1) is 0 Å². The minimum atomic E-state index is -0.770. The van der Waals surface area contributed by atoms with Crippen LogP contribution in [0.4, 0.5) is 0 Å². The first-order valence-corrected chi connectivity index (χ1v) is 4.40. The molecule has 2 rings (SSSR count). The maximum Gasteiger partial charge on any atom is 0.225 e. The molecule has 0 amide bonds. The van der Waals surface area contributed by atoms with Gasteiger partial charge < -0.3 is 16.2 Å². The molecule has 2 heterocycles. The van der Waals surface area contributed by atoms with Crippen molar-refractivity contribution >= 4 is 11.9 Å². The lowest BCUT2D eigenvalue weighted by Crippen LogP contribution is -2.57. The smallest absolute Gasteiger partial charge is 0.225 e. The van der Waals surface area contributed by atoms with Gasteiger partial charge in [-0.15, -0.1) is 0 Å². The normalized spacial score (nSPS) is 25.9. The van der Waals surface area contributed by atoms with Crippen molar-refractivity contribution in [1.29, 1.82) is 0 Å². The zero-order chi connectivity index (χ0) is 10.2. The molecule has 14 heavy (non-hydrogen) atoms. The fourth-order valence-corrected chi connectivity index (χ4v) is 1.69. The third-order valence-corrected chi connectivity index (χ3v) is 2.46. The minimum absolute atomic E-state index is 0.0144. The summed E-state index contributed by atoms with van der Waals surface area (Å²) < 4.78 is 5.19. The highest BCUT2D eigenvalue weighted by Crippen LogP contribution is 2.29. The lowest BCUT2D eigenvalue weighted by Gasteiger charge is -2.41. The number of hydrogen-bond donors (Lipinski definition) is 3. The molecule has 0 aromatic rings. The SMILES string of the molecule is NC1=NC2(CCOCC2)N(O)C(N)=N1. The molecule has 0 saturated carbocycles. The van der Waals surface area contributed by atoms with Gasteiger partial charge >= 0.3 is 0 Å². The summed E-state index contributed by atoms with van der Waals surface area (Å²) in [7, 11) is 0. The molecule has 0 aromatic heterocycles. The van der Waals surface area contributed by atoms with E-state index in [4.69, 9.17) is 16.2 Å². The predicted molar refractivity (Wildman–Crippen MR) is 49.7 cm³/mol. The summed E-state index contributed by atoms with van der Waals surface area (Å²) in [5.74, 6) is 0.0918. The molecule has 2 aliphatic heterocycles. The van der Waals surface area contributed by atoms with E-state index in [2.05, 4.69) is 9.98 Å². The first-order chi connectivity index (χ1) is 6.64. The summed E-state index contributed by atoms with van der Waals surface area (Å²) in [6.07, 6.45) is 1.11. The summed E-state index contributed by atoms with van der Waals surface area (Å²) >= 11 is 0. The van der Waals surface area contributed by atoms with Crippen molar-refractivity contribution in [2.45, 2.75) is 18.5 Å². The quantitative estimate of drug-likeness (QED) is 0.455. The first-order valence-electron chi connectivity index (χ1n) is 4.40. The topological polar surface area (TPSA) is 109 Å². The van der Waals surface area contributed by atoms with Crippen molar-refractivity contribution in [2.24, 2.45) is 21.5 Å². The predicted octanol–water partition coefficient (Wildman–Crippen LogP) is -1.17. The maximum absolute atomic E-state index is 9.73. The van der Waals surface area contributed by atoms with Crippen LogP contribution in [-0.2, 0) is 4.74 Å². The van der Waals surface area contributed by atoms with Gasteiger partial charge in [-0.05, 0) is 0 Å². The Balaban J connectivity index is 2.30. The monoisotopic (exact) mass is 199 g/mol. The highest BCUT2D eigenvalue weighted by Gasteiger charge is 2.41. The average Bonchev–Trinajstić information content (AvgIpc) is 2.15. The van der Waals surface area contributed by atoms with E-state index < -0.39 is 5.66 Å². The molecule has 78 valence electrons. The molecule has 0 bridgehead atoms. The molecule has 1 spiro atoms. The molecule has 0 aromatic carbocycles. The van der Waals surface area contributed by atoms with E-state index in [9.17, 15) is 5.21 Å². The van der Waals surface area contributed by atoms with Crippen LogP contribution in [-0.4, -0.2) is 41.1 Å². The van der Waals surface area contributed by atoms with Gasteiger partial charge in [0.25, 0.3) is 0 Å². The Morgan fingerprint density at radius 3 is 2.64 bits per heavy atom. The fourth-order valence-electron chi connectivity index (χ4n) is 1.69. The van der Waals surface area contributed by atoms with E-state index >= 15 is 0 Å². The van der Waals surface area contributed by atoms with Crippen molar-refractivity contribution in [3.63, 3.8) is 0 Å². The van der Waals surface area contributed by atoms with Gasteiger partial charge in [0.2, 0.25) is 11.9 Å². The Kier molecular flexibility index (Phi) is 2.05. The van der Waals surface area contributed by atoms with E-state index in [1.165, 1.54) is 0 Å². The molecule has 7 nitrogen and oxygen atoms in total. The number of hydroxylamine groups is 2. The van der Waals surface area contributed by atoms with Gasteiger partial charge in [0.05, 0.1) is 13.2 Å². The van der Waals surface area contributed by atoms with Crippen LogP contribution in [0.1, 0.15) is 12.8 Å². The second kappa shape index (κ2) is 3.10. The number of hydrogen-bond acceptors (Lipinski definition) is 7. The lowest BCUT2D eigenvalue weighted by molar-refractivity contribution is -0.142. The standard InChI is InChI=1S/C7H13N5O2/c8-5-10-6(9)12(13)7(11-5)1-3-14-4-2-7/h13H,1-4H2,(H4,8,9,10,11). The Bertz CT molecular complexity index is 294. The van der Waals surface area contributed by atoms with Crippen LogP contribution in [0.3, 0.4) is 0 Å². The molecular weight excluding hydrogens is 186 g/mol. The molecule has 5 N–H and O–H groups in total. The summed E-state index contributed by atoms with van der Waals surface area (Å²) in [6, 6.07) is 0. The summed E-state index contributed by atoms with van der Waals surface area (Å²) in [6.45, 7) is 1.06. The molecular formula is C7H13N5O2. The zero-order valence-corrected chi connectivity index (χ0v) is 7.68. The van der Waals surface area contributed by atoms with Crippen LogP contribution in [0.25, 0.3) is 0 Å². The second-order valence-corrected chi connectivity index (χ2v) is 3.35. The molecule has 2 aliphatic rings. The number of nitrogens with zero attached hydrogens (tertiary/aromatic N) is 3. The van der Waals surface area contributed by atoms with Crippen LogP contribution in [0.2, 0.25) is 0 Å². The molecule has 0 unspecified atom stereocenters. The van der Waals surface area contributed by atoms with E-state index in [0.717, 1.165) is 5.06 Å². The summed E-state index contributed by atoms with van der Waals surface area (Å²) in [5, 5.41) is 10.6. The summed E-state index contributed by atoms with van der Waals surface area (Å²) in [4.78, 5) is 7.80. The molecule has 1 fully saturated rings. The number of rotatable bonds is 0. The lowest BCUT2D eigenvalue weighted by atomic mass is 10.0. The van der Waals surface area contributed by atoms with Crippen molar-refractivity contribution < 1.29 is 9.94 Å². The van der Waals surface area contributed by atoms with Gasteiger partial charge in [-0.2, -0.15) is 10.1 Å². The molecule has 1 saturated heterocycles. The van der Waals surface area contributed by atoms with Crippen molar-refractivity contribution in [1.82, 2.24) is 5.06 Å². The maximum atomic E-state index is 9.73. The third-order valence-electron chi connectivity index (χ3n) is 2.46. The largest absolute Gasteiger partial charge is 0.381 e. The number of ether oxygens (including phenoxy) is 1. The van der Waals surface area contributed by atoms with Crippen LogP contribution < -0.4 is 11.5 Å². The van der Waals surface area contributed by atoms with Crippen molar-refractivity contribution in [3.05, 3.63) is 0 Å².